The van der Waals surface area contributed by atoms with E-state index in [1.54, 1.807) is 38.1 Å². The smallest absolute Gasteiger partial charge is 0.337 e. The molecule has 0 atom stereocenters. The highest BCUT2D eigenvalue weighted by molar-refractivity contribution is 6.06. The van der Waals surface area contributed by atoms with Crippen molar-refractivity contribution in [3.05, 3.63) is 75.7 Å². The van der Waals surface area contributed by atoms with Crippen LogP contribution >= 0.6 is 0 Å². The maximum Gasteiger partial charge on any atom is 0.337 e. The van der Waals surface area contributed by atoms with Crippen molar-refractivity contribution < 1.29 is 19.1 Å². The Morgan fingerprint density at radius 1 is 0.933 bits per heavy atom. The summed E-state index contributed by atoms with van der Waals surface area (Å²) >= 11 is 0. The third kappa shape index (κ3) is 4.04. The molecule has 1 aromatic heterocycles. The normalized spacial score (nSPS) is 10.7. The molecule has 9 nitrogen and oxygen atoms in total. The maximum absolute atomic E-state index is 12.7. The van der Waals surface area contributed by atoms with E-state index >= 15 is 0 Å². The van der Waals surface area contributed by atoms with E-state index in [0.29, 0.717) is 10.8 Å². The lowest BCUT2D eigenvalue weighted by Gasteiger charge is -2.14. The summed E-state index contributed by atoms with van der Waals surface area (Å²) in [6.45, 7) is 3.56. The number of hydrogen-bond acceptors (Lipinski definition) is 6. The standard InChI is InChI=1S/C21H20N4O5/c1-12(2)25-20(28)16-10-5-4-9-15(16)17(24-25)19(27)23-22-18(26)13-7-6-8-14(11-13)21(29)30-3/h4-12H,1-3H3,(H,22,26)(H,23,27). The highest BCUT2D eigenvalue weighted by Crippen LogP contribution is 2.14. The van der Waals surface area contributed by atoms with Gasteiger partial charge in [-0.05, 0) is 38.1 Å². The van der Waals surface area contributed by atoms with E-state index in [-0.39, 0.29) is 28.4 Å². The summed E-state index contributed by atoms with van der Waals surface area (Å²) in [6, 6.07) is 12.2. The maximum atomic E-state index is 12.7. The zero-order valence-electron chi connectivity index (χ0n) is 16.6. The number of amides is 2. The molecule has 3 rings (SSSR count). The van der Waals surface area contributed by atoms with Gasteiger partial charge >= 0.3 is 5.97 Å². The highest BCUT2D eigenvalue weighted by atomic mass is 16.5. The van der Waals surface area contributed by atoms with Crippen molar-refractivity contribution in [1.29, 1.82) is 0 Å². The summed E-state index contributed by atoms with van der Waals surface area (Å²) in [5, 5.41) is 4.90. The van der Waals surface area contributed by atoms with Crippen molar-refractivity contribution in [3.63, 3.8) is 0 Å². The lowest BCUT2D eigenvalue weighted by molar-refractivity contribution is 0.0600. The van der Waals surface area contributed by atoms with Gasteiger partial charge in [0.15, 0.2) is 5.69 Å². The number of nitrogens with zero attached hydrogens (tertiary/aromatic N) is 2. The number of carbonyl (C=O) groups excluding carboxylic acids is 3. The van der Waals surface area contributed by atoms with Crippen molar-refractivity contribution in [2.24, 2.45) is 0 Å². The van der Waals surface area contributed by atoms with Gasteiger partial charge < -0.3 is 4.74 Å². The topological polar surface area (TPSA) is 119 Å². The molecule has 3 aromatic rings. The molecule has 0 spiro atoms. The summed E-state index contributed by atoms with van der Waals surface area (Å²) in [6.07, 6.45) is 0. The van der Waals surface area contributed by atoms with Crippen LogP contribution in [0.4, 0.5) is 0 Å². The number of aromatic nitrogens is 2. The summed E-state index contributed by atoms with van der Waals surface area (Å²) in [5.41, 5.74) is 4.65. The zero-order chi connectivity index (χ0) is 21.8. The van der Waals surface area contributed by atoms with Crippen molar-refractivity contribution in [2.75, 3.05) is 7.11 Å². The first kappa shape index (κ1) is 20.7. The van der Waals surface area contributed by atoms with Crippen LogP contribution in [-0.4, -0.2) is 34.7 Å². The number of benzene rings is 2. The monoisotopic (exact) mass is 408 g/mol. The van der Waals surface area contributed by atoms with Crippen molar-refractivity contribution in [2.45, 2.75) is 19.9 Å². The largest absolute Gasteiger partial charge is 0.465 e. The number of fused-ring (bicyclic) bond motifs is 1. The van der Waals surface area contributed by atoms with Gasteiger partial charge in [-0.25, -0.2) is 9.48 Å². The van der Waals surface area contributed by atoms with E-state index in [2.05, 4.69) is 20.7 Å². The number of hydrazine groups is 1. The van der Waals surface area contributed by atoms with Crippen LogP contribution in [0.5, 0.6) is 0 Å². The van der Waals surface area contributed by atoms with E-state index in [0.717, 1.165) is 0 Å². The quantitative estimate of drug-likeness (QED) is 0.502. The van der Waals surface area contributed by atoms with E-state index < -0.39 is 17.8 Å². The Kier molecular flexibility index (Phi) is 5.91. The van der Waals surface area contributed by atoms with Gasteiger partial charge in [0.25, 0.3) is 17.4 Å². The summed E-state index contributed by atoms with van der Waals surface area (Å²) in [5.74, 6) is -1.89. The first-order valence-electron chi connectivity index (χ1n) is 9.14. The Bertz CT molecular complexity index is 1200. The van der Waals surface area contributed by atoms with Crippen LogP contribution in [0.1, 0.15) is 51.1 Å². The molecule has 2 aromatic carbocycles. The lowest BCUT2D eigenvalue weighted by atomic mass is 10.1. The Labute approximate surface area is 171 Å². The minimum atomic E-state index is -0.682. The minimum Gasteiger partial charge on any atom is -0.465 e. The summed E-state index contributed by atoms with van der Waals surface area (Å²) in [4.78, 5) is 49.3. The number of rotatable bonds is 4. The van der Waals surface area contributed by atoms with E-state index in [1.807, 2.05) is 0 Å². The van der Waals surface area contributed by atoms with Gasteiger partial charge in [-0.2, -0.15) is 5.10 Å². The minimum absolute atomic E-state index is 0.00233. The van der Waals surface area contributed by atoms with Crippen molar-refractivity contribution in [3.8, 4) is 0 Å². The summed E-state index contributed by atoms with van der Waals surface area (Å²) in [7, 11) is 1.24. The van der Waals surface area contributed by atoms with Crippen LogP contribution < -0.4 is 16.4 Å². The molecule has 0 fully saturated rings. The second-order valence-corrected chi connectivity index (χ2v) is 6.72. The first-order chi connectivity index (χ1) is 14.3. The zero-order valence-corrected chi connectivity index (χ0v) is 16.6. The molecule has 0 unspecified atom stereocenters. The predicted octanol–water partition coefficient (Wildman–Crippen LogP) is 1.84. The van der Waals surface area contributed by atoms with Gasteiger partial charge in [-0.3, -0.25) is 25.2 Å². The Hall–Kier alpha value is -4.01. The van der Waals surface area contributed by atoms with Crippen LogP contribution in [0.25, 0.3) is 10.8 Å². The summed E-state index contributed by atoms with van der Waals surface area (Å²) < 4.78 is 5.85. The molecule has 0 saturated carbocycles. The van der Waals surface area contributed by atoms with Gasteiger partial charge in [-0.1, -0.05) is 24.3 Å². The SMILES string of the molecule is COC(=O)c1cccc(C(=O)NNC(=O)c2nn(C(C)C)c(=O)c3ccccc23)c1. The number of ether oxygens (including phenoxy) is 1. The van der Waals surface area contributed by atoms with Crippen molar-refractivity contribution in [1.82, 2.24) is 20.6 Å². The van der Waals surface area contributed by atoms with Crippen LogP contribution in [0, 0.1) is 0 Å². The molecular formula is C21H20N4O5. The first-order valence-corrected chi connectivity index (χ1v) is 9.14. The third-order valence-corrected chi connectivity index (χ3v) is 4.37. The molecule has 0 bridgehead atoms. The van der Waals surface area contributed by atoms with Crippen LogP contribution in [0.15, 0.2) is 53.3 Å². The van der Waals surface area contributed by atoms with E-state index in [9.17, 15) is 19.2 Å². The Morgan fingerprint density at radius 3 is 2.23 bits per heavy atom. The fourth-order valence-corrected chi connectivity index (χ4v) is 2.87. The second kappa shape index (κ2) is 8.56. The number of esters is 1. The molecule has 1 heterocycles. The fourth-order valence-electron chi connectivity index (χ4n) is 2.87. The van der Waals surface area contributed by atoms with Gasteiger partial charge in [0, 0.05) is 10.9 Å². The lowest BCUT2D eigenvalue weighted by Crippen LogP contribution is -2.43. The van der Waals surface area contributed by atoms with Crippen LogP contribution in [0.2, 0.25) is 0 Å². The Balaban J connectivity index is 1.86. The number of nitrogens with one attached hydrogen (secondary N) is 2. The van der Waals surface area contributed by atoms with Gasteiger partial charge in [0.2, 0.25) is 0 Å². The molecule has 0 aliphatic rings. The fraction of sp³-hybridized carbons (Fsp3) is 0.190. The molecule has 0 aliphatic heterocycles. The second-order valence-electron chi connectivity index (χ2n) is 6.72. The molecule has 0 radical (unpaired) electrons. The average molecular weight is 408 g/mol. The van der Waals surface area contributed by atoms with Crippen LogP contribution in [0.3, 0.4) is 0 Å². The molecule has 154 valence electrons. The molecule has 0 aliphatic carbocycles. The molecule has 9 heteroatoms. The van der Waals surface area contributed by atoms with Crippen LogP contribution in [-0.2, 0) is 4.74 Å². The van der Waals surface area contributed by atoms with Gasteiger partial charge in [-0.15, -0.1) is 0 Å². The number of hydrogen-bond donors (Lipinski definition) is 2. The van der Waals surface area contributed by atoms with Gasteiger partial charge in [0.05, 0.1) is 24.1 Å². The molecule has 30 heavy (non-hydrogen) atoms. The van der Waals surface area contributed by atoms with Gasteiger partial charge in [0.1, 0.15) is 0 Å². The van der Waals surface area contributed by atoms with E-state index in [4.69, 9.17) is 0 Å². The Morgan fingerprint density at radius 2 is 1.57 bits per heavy atom. The molecule has 2 N–H and O–H groups in total. The van der Waals surface area contributed by atoms with Crippen molar-refractivity contribution >= 4 is 28.6 Å². The molecule has 2 amide bonds. The number of carbonyl (C=O) groups is 3. The third-order valence-electron chi connectivity index (χ3n) is 4.37. The molecule has 0 saturated heterocycles. The van der Waals surface area contributed by atoms with E-state index in [1.165, 1.54) is 36.1 Å². The molecular weight excluding hydrogens is 388 g/mol. The highest BCUT2D eigenvalue weighted by Gasteiger charge is 2.19. The average Bonchev–Trinajstić information content (AvgIpc) is 2.76. The predicted molar refractivity (Wildman–Crippen MR) is 109 cm³/mol. The number of methoxy groups -OCH3 is 1.